The van der Waals surface area contributed by atoms with Gasteiger partial charge in [-0.3, -0.25) is 18.7 Å². The van der Waals surface area contributed by atoms with Crippen LogP contribution in [0.2, 0.25) is 0 Å². The predicted molar refractivity (Wildman–Crippen MR) is 126 cm³/mol. The molecule has 0 unspecified atom stereocenters. The van der Waals surface area contributed by atoms with Crippen LogP contribution in [0.3, 0.4) is 0 Å². The Morgan fingerprint density at radius 2 is 1.94 bits per heavy atom. The van der Waals surface area contributed by atoms with Gasteiger partial charge in [0.1, 0.15) is 12.2 Å². The van der Waals surface area contributed by atoms with Gasteiger partial charge in [0.15, 0.2) is 0 Å². The first-order chi connectivity index (χ1) is 16.4. The van der Waals surface area contributed by atoms with Gasteiger partial charge in [0, 0.05) is 30.9 Å². The Labute approximate surface area is 195 Å². The van der Waals surface area contributed by atoms with Gasteiger partial charge in [0.05, 0.1) is 17.6 Å². The van der Waals surface area contributed by atoms with Crippen molar-refractivity contribution < 1.29 is 14.3 Å². The minimum atomic E-state index is -0.713. The van der Waals surface area contributed by atoms with Crippen LogP contribution in [0.25, 0.3) is 11.0 Å². The van der Waals surface area contributed by atoms with Crippen LogP contribution in [0.4, 0.5) is 5.69 Å². The standard InChI is InChI=1S/C25H26N4O5/c1-3-34-24(32)17-13-18(15-10-11-15)26-22-21(17)23(31)29(25(33)27(22)2)14-20(30)28-12-6-8-16-7-4-5-9-19(16)28/h4-5,7,9,13,15H,3,6,8,10-12,14H2,1-2H3. The van der Waals surface area contributed by atoms with Gasteiger partial charge in [-0.25, -0.2) is 14.6 Å². The van der Waals surface area contributed by atoms with Gasteiger partial charge in [-0.05, 0) is 50.3 Å². The van der Waals surface area contributed by atoms with E-state index in [0.717, 1.165) is 41.5 Å². The summed E-state index contributed by atoms with van der Waals surface area (Å²) in [7, 11) is 1.50. The molecular weight excluding hydrogens is 436 g/mol. The molecule has 3 aromatic rings. The van der Waals surface area contributed by atoms with E-state index in [1.165, 1.54) is 11.6 Å². The number of ether oxygens (including phenoxy) is 1. The van der Waals surface area contributed by atoms with Crippen LogP contribution in [-0.2, 0) is 29.5 Å². The summed E-state index contributed by atoms with van der Waals surface area (Å²) in [5.74, 6) is -0.794. The molecule has 5 rings (SSSR count). The number of aryl methyl sites for hydroxylation is 2. The van der Waals surface area contributed by atoms with E-state index < -0.39 is 23.8 Å². The summed E-state index contributed by atoms with van der Waals surface area (Å²) in [5, 5.41) is -0.00297. The van der Waals surface area contributed by atoms with E-state index in [0.29, 0.717) is 12.2 Å². The monoisotopic (exact) mass is 462 g/mol. The predicted octanol–water partition coefficient (Wildman–Crippen LogP) is 2.13. The summed E-state index contributed by atoms with van der Waals surface area (Å²) in [5.41, 5.74) is 1.38. The van der Waals surface area contributed by atoms with E-state index in [2.05, 4.69) is 4.98 Å². The zero-order chi connectivity index (χ0) is 24.0. The van der Waals surface area contributed by atoms with E-state index >= 15 is 0 Å². The summed E-state index contributed by atoms with van der Waals surface area (Å²) in [4.78, 5) is 58.9. The molecule has 0 spiro atoms. The number of rotatable bonds is 5. The molecular formula is C25H26N4O5. The maximum absolute atomic E-state index is 13.5. The quantitative estimate of drug-likeness (QED) is 0.538. The minimum Gasteiger partial charge on any atom is -0.462 e. The molecule has 34 heavy (non-hydrogen) atoms. The van der Waals surface area contributed by atoms with Crippen LogP contribution in [0.1, 0.15) is 53.7 Å². The van der Waals surface area contributed by atoms with Gasteiger partial charge < -0.3 is 9.64 Å². The number of carbonyl (C=O) groups is 2. The fraction of sp³-hybridized carbons (Fsp3) is 0.400. The SMILES string of the molecule is CCOC(=O)c1cc(C2CC2)nc2c1c(=O)n(CC(=O)N1CCCc3ccccc31)c(=O)n2C. The maximum Gasteiger partial charge on any atom is 0.339 e. The first-order valence-electron chi connectivity index (χ1n) is 11.6. The highest BCUT2D eigenvalue weighted by molar-refractivity contribution is 6.02. The highest BCUT2D eigenvalue weighted by Crippen LogP contribution is 2.40. The lowest BCUT2D eigenvalue weighted by molar-refractivity contribution is -0.119. The first-order valence-corrected chi connectivity index (χ1v) is 11.6. The van der Waals surface area contributed by atoms with Crippen molar-refractivity contribution >= 4 is 28.6 Å². The van der Waals surface area contributed by atoms with E-state index in [4.69, 9.17) is 4.74 Å². The second-order valence-electron chi connectivity index (χ2n) is 8.80. The molecule has 0 saturated heterocycles. The van der Waals surface area contributed by atoms with Crippen molar-refractivity contribution in [3.63, 3.8) is 0 Å². The lowest BCUT2D eigenvalue weighted by Crippen LogP contribution is -2.46. The van der Waals surface area contributed by atoms with Crippen LogP contribution >= 0.6 is 0 Å². The van der Waals surface area contributed by atoms with Gasteiger partial charge in [-0.1, -0.05) is 18.2 Å². The Bertz CT molecular complexity index is 1430. The number of esters is 1. The molecule has 0 radical (unpaired) electrons. The first kappa shape index (κ1) is 22.1. The number of nitrogens with zero attached hydrogens (tertiary/aromatic N) is 4. The molecule has 1 aliphatic heterocycles. The van der Waals surface area contributed by atoms with Crippen LogP contribution in [0.15, 0.2) is 39.9 Å². The summed E-state index contributed by atoms with van der Waals surface area (Å²) >= 11 is 0. The number of anilines is 1. The van der Waals surface area contributed by atoms with Gasteiger partial charge in [0.2, 0.25) is 5.91 Å². The smallest absolute Gasteiger partial charge is 0.339 e. The zero-order valence-electron chi connectivity index (χ0n) is 19.2. The highest BCUT2D eigenvalue weighted by atomic mass is 16.5. The van der Waals surface area contributed by atoms with Crippen LogP contribution < -0.4 is 16.1 Å². The van der Waals surface area contributed by atoms with Crippen LogP contribution in [0.5, 0.6) is 0 Å². The molecule has 2 aromatic heterocycles. The third-order valence-corrected chi connectivity index (χ3v) is 6.51. The van der Waals surface area contributed by atoms with Gasteiger partial charge in [-0.2, -0.15) is 0 Å². The highest BCUT2D eigenvalue weighted by Gasteiger charge is 2.30. The molecule has 9 nitrogen and oxygen atoms in total. The van der Waals surface area contributed by atoms with Crippen molar-refractivity contribution in [2.45, 2.75) is 45.1 Å². The van der Waals surface area contributed by atoms with Crippen molar-refractivity contribution in [3.8, 4) is 0 Å². The Hall–Kier alpha value is -3.75. The number of para-hydroxylation sites is 1. The average Bonchev–Trinajstić information content (AvgIpc) is 3.70. The topological polar surface area (TPSA) is 104 Å². The summed E-state index contributed by atoms with van der Waals surface area (Å²) in [6, 6.07) is 9.23. The molecule has 2 aliphatic rings. The molecule has 0 N–H and O–H groups in total. The average molecular weight is 463 g/mol. The second kappa shape index (κ2) is 8.55. The molecule has 176 valence electrons. The number of hydrogen-bond acceptors (Lipinski definition) is 6. The Morgan fingerprint density at radius 3 is 2.68 bits per heavy atom. The number of hydrogen-bond donors (Lipinski definition) is 0. The lowest BCUT2D eigenvalue weighted by atomic mass is 10.0. The largest absolute Gasteiger partial charge is 0.462 e. The number of pyridine rings is 1. The molecule has 0 atom stereocenters. The summed E-state index contributed by atoms with van der Waals surface area (Å²) in [6.45, 7) is 1.92. The lowest BCUT2D eigenvalue weighted by Gasteiger charge is -2.29. The second-order valence-corrected chi connectivity index (χ2v) is 8.80. The molecule has 1 aliphatic carbocycles. The van der Waals surface area contributed by atoms with Crippen molar-refractivity contribution in [3.05, 3.63) is 68.0 Å². The number of amides is 1. The van der Waals surface area contributed by atoms with Crippen molar-refractivity contribution in [2.75, 3.05) is 18.1 Å². The van der Waals surface area contributed by atoms with Crippen molar-refractivity contribution in [2.24, 2.45) is 7.05 Å². The molecule has 3 heterocycles. The normalized spacial score (nSPS) is 15.3. The number of aromatic nitrogens is 3. The summed E-state index contributed by atoms with van der Waals surface area (Å²) < 4.78 is 7.32. The molecule has 0 bridgehead atoms. The van der Waals surface area contributed by atoms with Gasteiger partial charge in [0.25, 0.3) is 5.56 Å². The number of benzene rings is 1. The van der Waals surface area contributed by atoms with Gasteiger partial charge in [-0.15, -0.1) is 0 Å². The van der Waals surface area contributed by atoms with Crippen LogP contribution in [0, 0.1) is 0 Å². The number of fused-ring (bicyclic) bond motifs is 2. The fourth-order valence-corrected chi connectivity index (χ4v) is 4.61. The number of carbonyl (C=O) groups excluding carboxylic acids is 2. The van der Waals surface area contributed by atoms with E-state index in [1.54, 1.807) is 17.9 Å². The third-order valence-electron chi connectivity index (χ3n) is 6.51. The van der Waals surface area contributed by atoms with Crippen molar-refractivity contribution in [1.29, 1.82) is 0 Å². The molecule has 1 saturated carbocycles. The Kier molecular flexibility index (Phi) is 5.55. The maximum atomic E-state index is 13.5. The molecule has 1 aromatic carbocycles. The molecule has 9 heteroatoms. The van der Waals surface area contributed by atoms with Crippen molar-refractivity contribution in [1.82, 2.24) is 14.1 Å². The molecule has 1 amide bonds. The molecule has 1 fully saturated rings. The fourth-order valence-electron chi connectivity index (χ4n) is 4.61. The van der Waals surface area contributed by atoms with E-state index in [9.17, 15) is 19.2 Å². The van der Waals surface area contributed by atoms with E-state index in [1.807, 2.05) is 24.3 Å². The van der Waals surface area contributed by atoms with Gasteiger partial charge >= 0.3 is 11.7 Å². The van der Waals surface area contributed by atoms with Crippen LogP contribution in [-0.4, -0.2) is 39.1 Å². The Balaban J connectivity index is 1.63. The third kappa shape index (κ3) is 3.70. The zero-order valence-corrected chi connectivity index (χ0v) is 19.2. The van der Waals surface area contributed by atoms with E-state index in [-0.39, 0.29) is 35.0 Å². The minimum absolute atomic E-state index is 0.00297. The summed E-state index contributed by atoms with van der Waals surface area (Å²) in [6.07, 6.45) is 3.55. The Morgan fingerprint density at radius 1 is 1.18 bits per heavy atom.